The minimum atomic E-state index is 0.642. The molecule has 3 rings (SSSR count). The molecule has 2 aromatic heterocycles. The second kappa shape index (κ2) is 7.05. The Hall–Kier alpha value is -3.00. The van der Waals surface area contributed by atoms with Crippen molar-refractivity contribution in [3.8, 4) is 6.07 Å². The van der Waals surface area contributed by atoms with Gasteiger partial charge in [-0.1, -0.05) is 25.5 Å². The molecule has 0 radical (unpaired) electrons. The Labute approximate surface area is 141 Å². The number of aromatic nitrogens is 3. The summed E-state index contributed by atoms with van der Waals surface area (Å²) in [5.74, 6) is 1.54. The van der Waals surface area contributed by atoms with Crippen molar-refractivity contribution in [1.29, 1.82) is 5.26 Å². The van der Waals surface area contributed by atoms with Gasteiger partial charge >= 0.3 is 0 Å². The SMILES string of the molecule is CCCc1cc2c(NCc3ccc(C#N)cc3)nc(C)nc2cn1. The molecule has 0 fully saturated rings. The van der Waals surface area contributed by atoms with Crippen molar-refractivity contribution in [1.82, 2.24) is 15.0 Å². The third-order valence-electron chi connectivity index (χ3n) is 3.80. The quantitative estimate of drug-likeness (QED) is 0.775. The molecule has 24 heavy (non-hydrogen) atoms. The first-order valence-corrected chi connectivity index (χ1v) is 8.05. The van der Waals surface area contributed by atoms with Crippen molar-refractivity contribution in [2.45, 2.75) is 33.2 Å². The van der Waals surface area contributed by atoms with Gasteiger partial charge in [0.05, 0.1) is 23.3 Å². The summed E-state index contributed by atoms with van der Waals surface area (Å²) in [5, 5.41) is 13.2. The number of aryl methyl sites for hydroxylation is 2. The van der Waals surface area contributed by atoms with Crippen molar-refractivity contribution in [2.24, 2.45) is 0 Å². The van der Waals surface area contributed by atoms with Gasteiger partial charge in [0.1, 0.15) is 11.6 Å². The molecule has 0 amide bonds. The molecule has 5 nitrogen and oxygen atoms in total. The molecule has 120 valence electrons. The van der Waals surface area contributed by atoms with Crippen LogP contribution in [0.3, 0.4) is 0 Å². The topological polar surface area (TPSA) is 74.5 Å². The Morgan fingerprint density at radius 2 is 1.96 bits per heavy atom. The number of nitriles is 1. The lowest BCUT2D eigenvalue weighted by Gasteiger charge is -2.11. The van der Waals surface area contributed by atoms with E-state index in [1.54, 1.807) is 0 Å². The zero-order valence-electron chi connectivity index (χ0n) is 13.9. The third-order valence-corrected chi connectivity index (χ3v) is 3.80. The summed E-state index contributed by atoms with van der Waals surface area (Å²) >= 11 is 0. The molecule has 0 spiro atoms. The van der Waals surface area contributed by atoms with Gasteiger partial charge in [0.15, 0.2) is 0 Å². The minimum absolute atomic E-state index is 0.642. The van der Waals surface area contributed by atoms with Crippen LogP contribution in [0, 0.1) is 18.3 Å². The van der Waals surface area contributed by atoms with E-state index in [2.05, 4.69) is 39.3 Å². The fourth-order valence-corrected chi connectivity index (χ4v) is 2.60. The Balaban J connectivity index is 1.89. The molecule has 2 heterocycles. The van der Waals surface area contributed by atoms with E-state index in [9.17, 15) is 0 Å². The number of hydrogen-bond donors (Lipinski definition) is 1. The number of nitrogens with one attached hydrogen (secondary N) is 1. The summed E-state index contributed by atoms with van der Waals surface area (Å²) in [6, 6.07) is 11.7. The second-order valence-corrected chi connectivity index (χ2v) is 5.72. The zero-order chi connectivity index (χ0) is 16.9. The first-order chi connectivity index (χ1) is 11.7. The van der Waals surface area contributed by atoms with Crippen LogP contribution in [0.1, 0.15) is 36.0 Å². The smallest absolute Gasteiger partial charge is 0.138 e. The van der Waals surface area contributed by atoms with E-state index in [4.69, 9.17) is 5.26 Å². The number of fused-ring (bicyclic) bond motifs is 1. The summed E-state index contributed by atoms with van der Waals surface area (Å²) in [6.45, 7) is 4.66. The van der Waals surface area contributed by atoms with Crippen LogP contribution in [0.25, 0.3) is 10.9 Å². The Morgan fingerprint density at radius 1 is 1.17 bits per heavy atom. The van der Waals surface area contributed by atoms with Gasteiger partial charge in [-0.2, -0.15) is 5.26 Å². The second-order valence-electron chi connectivity index (χ2n) is 5.72. The molecule has 5 heteroatoms. The van der Waals surface area contributed by atoms with Gasteiger partial charge in [-0.05, 0) is 37.1 Å². The minimum Gasteiger partial charge on any atom is -0.365 e. The van der Waals surface area contributed by atoms with Crippen LogP contribution in [-0.4, -0.2) is 15.0 Å². The van der Waals surface area contributed by atoms with Crippen LogP contribution >= 0.6 is 0 Å². The highest BCUT2D eigenvalue weighted by atomic mass is 15.0. The van der Waals surface area contributed by atoms with E-state index in [1.165, 1.54) is 0 Å². The normalized spacial score (nSPS) is 10.5. The van der Waals surface area contributed by atoms with Gasteiger partial charge in [0, 0.05) is 17.6 Å². The van der Waals surface area contributed by atoms with Crippen LogP contribution in [0.4, 0.5) is 5.82 Å². The lowest BCUT2D eigenvalue weighted by Crippen LogP contribution is -2.05. The predicted molar refractivity (Wildman–Crippen MR) is 94.5 cm³/mol. The molecule has 3 aromatic rings. The number of rotatable bonds is 5. The molecule has 0 aliphatic rings. The molecular formula is C19H19N5. The Bertz CT molecular complexity index is 894. The molecule has 0 unspecified atom stereocenters. The van der Waals surface area contributed by atoms with E-state index in [0.717, 1.165) is 46.6 Å². The summed E-state index contributed by atoms with van der Waals surface area (Å²) in [4.78, 5) is 13.5. The number of benzene rings is 1. The predicted octanol–water partition coefficient (Wildman–Crippen LogP) is 3.77. The highest BCUT2D eigenvalue weighted by Crippen LogP contribution is 2.22. The van der Waals surface area contributed by atoms with E-state index in [0.29, 0.717) is 12.1 Å². The van der Waals surface area contributed by atoms with Gasteiger partial charge in [-0.15, -0.1) is 0 Å². The van der Waals surface area contributed by atoms with Crippen molar-refractivity contribution < 1.29 is 0 Å². The van der Waals surface area contributed by atoms with E-state index < -0.39 is 0 Å². The maximum absolute atomic E-state index is 8.87. The van der Waals surface area contributed by atoms with Crippen molar-refractivity contribution >= 4 is 16.7 Å². The molecule has 1 N–H and O–H groups in total. The summed E-state index contributed by atoms with van der Waals surface area (Å²) in [5.41, 5.74) is 3.67. The number of nitrogens with zero attached hydrogens (tertiary/aromatic N) is 4. The lowest BCUT2D eigenvalue weighted by atomic mass is 10.1. The first kappa shape index (κ1) is 15.9. The van der Waals surface area contributed by atoms with Crippen LogP contribution < -0.4 is 5.32 Å². The molecule has 0 aliphatic heterocycles. The largest absolute Gasteiger partial charge is 0.365 e. The van der Waals surface area contributed by atoms with Gasteiger partial charge < -0.3 is 5.32 Å². The lowest BCUT2D eigenvalue weighted by molar-refractivity contribution is 0.884. The Morgan fingerprint density at radius 3 is 2.67 bits per heavy atom. The standard InChI is InChI=1S/C19H19N5/c1-3-4-16-9-17-18(12-21-16)23-13(2)24-19(17)22-11-15-7-5-14(10-20)6-8-15/h5-9,12H,3-4,11H2,1-2H3,(H,22,23,24). The molecule has 0 atom stereocenters. The van der Waals surface area contributed by atoms with E-state index >= 15 is 0 Å². The molecule has 1 aromatic carbocycles. The van der Waals surface area contributed by atoms with Crippen molar-refractivity contribution in [3.63, 3.8) is 0 Å². The molecule has 0 aliphatic carbocycles. The van der Waals surface area contributed by atoms with Crippen molar-refractivity contribution in [3.05, 3.63) is 59.2 Å². The van der Waals surface area contributed by atoms with Crippen LogP contribution in [-0.2, 0) is 13.0 Å². The van der Waals surface area contributed by atoms with E-state index in [-0.39, 0.29) is 0 Å². The van der Waals surface area contributed by atoms with Gasteiger partial charge in [0.2, 0.25) is 0 Å². The highest BCUT2D eigenvalue weighted by Gasteiger charge is 2.08. The summed E-state index contributed by atoms with van der Waals surface area (Å²) in [6.07, 6.45) is 3.82. The number of hydrogen-bond acceptors (Lipinski definition) is 5. The van der Waals surface area contributed by atoms with Crippen LogP contribution in [0.15, 0.2) is 36.5 Å². The molecule has 0 saturated heterocycles. The average Bonchev–Trinajstić information content (AvgIpc) is 2.60. The fraction of sp³-hybridized carbons (Fsp3) is 0.263. The van der Waals surface area contributed by atoms with E-state index in [1.807, 2.05) is 37.4 Å². The van der Waals surface area contributed by atoms with Gasteiger partial charge in [-0.3, -0.25) is 4.98 Å². The third kappa shape index (κ3) is 3.49. The Kier molecular flexibility index (Phi) is 4.66. The first-order valence-electron chi connectivity index (χ1n) is 8.05. The van der Waals surface area contributed by atoms with Gasteiger partial charge in [0.25, 0.3) is 0 Å². The molecule has 0 saturated carbocycles. The monoisotopic (exact) mass is 317 g/mol. The number of anilines is 1. The average molecular weight is 317 g/mol. The summed E-state index contributed by atoms with van der Waals surface area (Å²) in [7, 11) is 0. The highest BCUT2D eigenvalue weighted by molar-refractivity contribution is 5.88. The fourth-order valence-electron chi connectivity index (χ4n) is 2.60. The van der Waals surface area contributed by atoms with Crippen LogP contribution in [0.2, 0.25) is 0 Å². The zero-order valence-corrected chi connectivity index (χ0v) is 13.9. The van der Waals surface area contributed by atoms with Crippen LogP contribution in [0.5, 0.6) is 0 Å². The summed E-state index contributed by atoms with van der Waals surface area (Å²) < 4.78 is 0. The maximum atomic E-state index is 8.87. The maximum Gasteiger partial charge on any atom is 0.138 e. The van der Waals surface area contributed by atoms with Gasteiger partial charge in [-0.25, -0.2) is 9.97 Å². The number of pyridine rings is 1. The van der Waals surface area contributed by atoms with Crippen molar-refractivity contribution in [2.75, 3.05) is 5.32 Å². The molecule has 0 bridgehead atoms. The molecular weight excluding hydrogens is 298 g/mol.